The number of carbonyl (C=O) groups excluding carboxylic acids is 1. The zero-order valence-corrected chi connectivity index (χ0v) is 16.4. The SMILES string of the molecule is COC1=c2c(OC)cc3cccc4c(Cc5ccccc5)cc(c2c34)C(=C=O)C1. The first-order valence-corrected chi connectivity index (χ1v) is 9.65. The Kier molecular flexibility index (Phi) is 4.12. The average Bonchev–Trinajstić information content (AvgIpc) is 2.78. The molecular formula is C26H20O3. The van der Waals surface area contributed by atoms with Crippen molar-refractivity contribution in [2.75, 3.05) is 14.2 Å². The molecule has 0 radical (unpaired) electrons. The van der Waals surface area contributed by atoms with Crippen molar-refractivity contribution in [2.24, 2.45) is 0 Å². The molecule has 4 aromatic rings. The van der Waals surface area contributed by atoms with Crippen LogP contribution in [-0.2, 0) is 16.0 Å². The van der Waals surface area contributed by atoms with Crippen LogP contribution in [-0.4, -0.2) is 20.2 Å². The van der Waals surface area contributed by atoms with Gasteiger partial charge in [0.25, 0.3) is 0 Å². The third-order valence-electron chi connectivity index (χ3n) is 5.83. The Morgan fingerprint density at radius 3 is 2.48 bits per heavy atom. The lowest BCUT2D eigenvalue weighted by Crippen LogP contribution is -2.19. The molecule has 0 N–H and O–H groups in total. The van der Waals surface area contributed by atoms with Gasteiger partial charge in [-0.15, -0.1) is 0 Å². The Labute approximate surface area is 168 Å². The van der Waals surface area contributed by atoms with E-state index in [9.17, 15) is 4.79 Å². The van der Waals surface area contributed by atoms with Crippen molar-refractivity contribution >= 4 is 38.8 Å². The van der Waals surface area contributed by atoms with Gasteiger partial charge >= 0.3 is 0 Å². The van der Waals surface area contributed by atoms with Crippen molar-refractivity contribution in [3.8, 4) is 5.75 Å². The fraction of sp³-hybridized carbons (Fsp3) is 0.154. The van der Waals surface area contributed by atoms with Crippen molar-refractivity contribution in [1.29, 1.82) is 0 Å². The maximum Gasteiger partial charge on any atom is 0.130 e. The summed E-state index contributed by atoms with van der Waals surface area (Å²) in [5.41, 5.74) is 4.01. The van der Waals surface area contributed by atoms with Gasteiger partial charge in [-0.1, -0.05) is 48.5 Å². The number of hydrogen-bond donors (Lipinski definition) is 0. The normalized spacial score (nSPS) is 13.0. The smallest absolute Gasteiger partial charge is 0.130 e. The quantitative estimate of drug-likeness (QED) is 0.482. The lowest BCUT2D eigenvalue weighted by Gasteiger charge is -2.23. The van der Waals surface area contributed by atoms with E-state index < -0.39 is 0 Å². The second-order valence-electron chi connectivity index (χ2n) is 7.36. The molecule has 4 aromatic carbocycles. The molecule has 142 valence electrons. The lowest BCUT2D eigenvalue weighted by molar-refractivity contribution is 0.350. The largest absolute Gasteiger partial charge is 0.500 e. The molecule has 0 fully saturated rings. The fourth-order valence-electron chi connectivity index (χ4n) is 4.54. The van der Waals surface area contributed by atoms with Crippen molar-refractivity contribution in [1.82, 2.24) is 0 Å². The number of benzene rings is 4. The molecular weight excluding hydrogens is 360 g/mol. The van der Waals surface area contributed by atoms with Crippen LogP contribution < -0.4 is 9.96 Å². The molecule has 0 aliphatic heterocycles. The topological polar surface area (TPSA) is 35.5 Å². The standard InChI is InChI=1S/C26H20O3/c1-28-22-13-17-9-6-10-20-18(11-16-7-4-3-5-8-16)12-21-19(15-27)14-23(29-2)26(22)25(21)24(17)20/h3-10,12-13H,11,14H2,1-2H3. The molecule has 3 nitrogen and oxygen atoms in total. The second kappa shape index (κ2) is 6.80. The van der Waals surface area contributed by atoms with Gasteiger partial charge < -0.3 is 9.47 Å². The van der Waals surface area contributed by atoms with E-state index in [1.807, 2.05) is 6.07 Å². The average molecular weight is 380 g/mol. The first kappa shape index (κ1) is 17.5. The van der Waals surface area contributed by atoms with Crippen LogP contribution in [0.15, 0.2) is 60.7 Å². The molecule has 0 heterocycles. The third kappa shape index (κ3) is 2.63. The van der Waals surface area contributed by atoms with E-state index in [0.717, 1.165) is 44.9 Å². The van der Waals surface area contributed by atoms with Gasteiger partial charge in [0.15, 0.2) is 0 Å². The lowest BCUT2D eigenvalue weighted by atomic mass is 9.83. The van der Waals surface area contributed by atoms with E-state index in [1.54, 1.807) is 14.2 Å². The minimum absolute atomic E-state index is 0.418. The van der Waals surface area contributed by atoms with Crippen LogP contribution in [0.25, 0.3) is 32.9 Å². The Balaban J connectivity index is 1.96. The maximum absolute atomic E-state index is 11.9. The zero-order valence-electron chi connectivity index (χ0n) is 16.4. The molecule has 1 aliphatic rings. The molecule has 5 rings (SSSR count). The molecule has 3 heteroatoms. The summed E-state index contributed by atoms with van der Waals surface area (Å²) in [5.74, 6) is 3.68. The van der Waals surface area contributed by atoms with Gasteiger partial charge in [-0.2, -0.15) is 0 Å². The summed E-state index contributed by atoms with van der Waals surface area (Å²) in [6.07, 6.45) is 1.22. The van der Waals surface area contributed by atoms with Crippen molar-refractivity contribution in [3.63, 3.8) is 0 Å². The summed E-state index contributed by atoms with van der Waals surface area (Å²) in [7, 11) is 3.32. The third-order valence-corrected chi connectivity index (χ3v) is 5.83. The van der Waals surface area contributed by atoms with Gasteiger partial charge in [0.1, 0.15) is 17.5 Å². The molecule has 29 heavy (non-hydrogen) atoms. The van der Waals surface area contributed by atoms with Crippen LogP contribution in [0.2, 0.25) is 0 Å². The van der Waals surface area contributed by atoms with E-state index in [-0.39, 0.29) is 0 Å². The van der Waals surface area contributed by atoms with Gasteiger partial charge in [-0.05, 0) is 51.4 Å². The van der Waals surface area contributed by atoms with Gasteiger partial charge in [-0.3, -0.25) is 0 Å². The van der Waals surface area contributed by atoms with E-state index in [1.165, 1.54) is 16.5 Å². The Bertz CT molecular complexity index is 1360. The predicted molar refractivity (Wildman–Crippen MR) is 117 cm³/mol. The van der Waals surface area contributed by atoms with Crippen LogP contribution in [0.5, 0.6) is 5.75 Å². The molecule has 0 atom stereocenters. The monoisotopic (exact) mass is 380 g/mol. The van der Waals surface area contributed by atoms with E-state index >= 15 is 0 Å². The zero-order chi connectivity index (χ0) is 20.0. The van der Waals surface area contributed by atoms with Gasteiger partial charge in [0, 0.05) is 11.8 Å². The first-order valence-electron chi connectivity index (χ1n) is 9.65. The number of rotatable bonds is 4. The highest BCUT2D eigenvalue weighted by molar-refractivity contribution is 6.18. The number of hydrogen-bond acceptors (Lipinski definition) is 3. The molecule has 0 saturated carbocycles. The molecule has 0 unspecified atom stereocenters. The van der Waals surface area contributed by atoms with E-state index in [2.05, 4.69) is 60.5 Å². The second-order valence-corrected chi connectivity index (χ2v) is 7.36. The minimum atomic E-state index is 0.418. The molecule has 0 aromatic heterocycles. The first-order chi connectivity index (χ1) is 14.2. The van der Waals surface area contributed by atoms with Crippen LogP contribution in [0.1, 0.15) is 23.1 Å². The highest BCUT2D eigenvalue weighted by Gasteiger charge is 2.25. The Morgan fingerprint density at radius 1 is 0.931 bits per heavy atom. The summed E-state index contributed by atoms with van der Waals surface area (Å²) >= 11 is 0. The highest BCUT2D eigenvalue weighted by Crippen LogP contribution is 2.39. The highest BCUT2D eigenvalue weighted by atomic mass is 16.5. The summed E-state index contributed by atoms with van der Waals surface area (Å²) < 4.78 is 11.4. The number of methoxy groups -OCH3 is 2. The van der Waals surface area contributed by atoms with Crippen LogP contribution >= 0.6 is 0 Å². The molecule has 0 amide bonds. The molecule has 1 aliphatic carbocycles. The van der Waals surface area contributed by atoms with Gasteiger partial charge in [0.2, 0.25) is 0 Å². The van der Waals surface area contributed by atoms with Gasteiger partial charge in [0.05, 0.1) is 25.0 Å². The van der Waals surface area contributed by atoms with E-state index in [4.69, 9.17) is 9.47 Å². The summed E-state index contributed by atoms with van der Waals surface area (Å²) in [5, 5.41) is 5.40. The van der Waals surface area contributed by atoms with E-state index in [0.29, 0.717) is 12.0 Å². The number of ether oxygens (including phenoxy) is 2. The minimum Gasteiger partial charge on any atom is -0.500 e. The van der Waals surface area contributed by atoms with Crippen molar-refractivity contribution in [3.05, 3.63) is 82.6 Å². The summed E-state index contributed by atoms with van der Waals surface area (Å²) in [6.45, 7) is 0. The van der Waals surface area contributed by atoms with Gasteiger partial charge in [-0.25, -0.2) is 4.79 Å². The van der Waals surface area contributed by atoms with Crippen LogP contribution in [0, 0.1) is 0 Å². The fourth-order valence-corrected chi connectivity index (χ4v) is 4.54. The van der Waals surface area contributed by atoms with Crippen molar-refractivity contribution < 1.29 is 14.3 Å². The van der Waals surface area contributed by atoms with Crippen LogP contribution in [0.3, 0.4) is 0 Å². The Hall–Kier alpha value is -3.55. The van der Waals surface area contributed by atoms with Crippen molar-refractivity contribution in [2.45, 2.75) is 12.8 Å². The summed E-state index contributed by atoms with van der Waals surface area (Å²) in [4.78, 5) is 11.9. The maximum atomic E-state index is 11.9. The summed E-state index contributed by atoms with van der Waals surface area (Å²) in [6, 6.07) is 21.0. The Morgan fingerprint density at radius 2 is 1.76 bits per heavy atom. The predicted octanol–water partition coefficient (Wildman–Crippen LogP) is 4.68. The molecule has 0 spiro atoms. The molecule has 0 bridgehead atoms. The van der Waals surface area contributed by atoms with Crippen LogP contribution in [0.4, 0.5) is 0 Å². The molecule has 0 saturated heterocycles.